The number of thiol groups is 1. The molecule has 78 valence electrons. The fraction of sp³-hybridized carbons (Fsp3) is 0.250. The molecule has 1 aromatic rings. The highest BCUT2D eigenvalue weighted by atomic mass is 32.1. The first-order chi connectivity index (χ1) is 7.16. The summed E-state index contributed by atoms with van der Waals surface area (Å²) in [4.78, 5) is 11.0. The molecule has 0 saturated carbocycles. The van der Waals surface area contributed by atoms with E-state index in [0.717, 1.165) is 5.56 Å². The van der Waals surface area contributed by atoms with Gasteiger partial charge in [0.1, 0.15) is 0 Å². The highest BCUT2D eigenvalue weighted by Crippen LogP contribution is 2.13. The van der Waals surface area contributed by atoms with Crippen molar-refractivity contribution in [2.75, 3.05) is 5.75 Å². The maximum absolute atomic E-state index is 11.0. The van der Waals surface area contributed by atoms with E-state index in [0.29, 0.717) is 23.3 Å². The van der Waals surface area contributed by atoms with Crippen LogP contribution in [-0.2, 0) is 0 Å². The van der Waals surface area contributed by atoms with E-state index in [9.17, 15) is 4.79 Å². The molecule has 0 atom stereocenters. The Kier molecular flexibility index (Phi) is 4.26. The second kappa shape index (κ2) is 5.47. The standard InChI is InChI=1S/C12H12O2S/c1-9-5-4-7-10(6-2-3-8-15)11(9)12(13)14/h4-5,7,15H,3,8H2,1H3,(H,13,14). The minimum Gasteiger partial charge on any atom is -0.478 e. The molecule has 3 heteroatoms. The fourth-order valence-corrected chi connectivity index (χ4v) is 1.38. The summed E-state index contributed by atoms with van der Waals surface area (Å²) in [7, 11) is 0. The number of benzene rings is 1. The Balaban J connectivity index is 3.13. The predicted molar refractivity (Wildman–Crippen MR) is 63.5 cm³/mol. The van der Waals surface area contributed by atoms with Crippen LogP contribution in [0.15, 0.2) is 18.2 Å². The first-order valence-electron chi connectivity index (χ1n) is 4.59. The Morgan fingerprint density at radius 2 is 2.27 bits per heavy atom. The first kappa shape index (κ1) is 11.7. The van der Waals surface area contributed by atoms with Crippen LogP contribution in [0.5, 0.6) is 0 Å². The zero-order valence-electron chi connectivity index (χ0n) is 8.45. The Bertz CT molecular complexity index is 427. The number of aryl methyl sites for hydroxylation is 1. The number of hydrogen-bond acceptors (Lipinski definition) is 2. The fourth-order valence-electron chi connectivity index (χ4n) is 1.27. The highest BCUT2D eigenvalue weighted by Gasteiger charge is 2.10. The van der Waals surface area contributed by atoms with Gasteiger partial charge in [-0.05, 0) is 18.6 Å². The Labute approximate surface area is 94.7 Å². The van der Waals surface area contributed by atoms with Crippen LogP contribution in [-0.4, -0.2) is 16.8 Å². The SMILES string of the molecule is Cc1cccc(C#CCCS)c1C(=O)O. The molecule has 0 amide bonds. The van der Waals surface area contributed by atoms with E-state index in [1.54, 1.807) is 19.1 Å². The van der Waals surface area contributed by atoms with Crippen LogP contribution >= 0.6 is 12.6 Å². The van der Waals surface area contributed by atoms with Gasteiger partial charge >= 0.3 is 5.97 Å². The molecule has 1 aromatic carbocycles. The maximum atomic E-state index is 11.0. The van der Waals surface area contributed by atoms with Gasteiger partial charge in [0.2, 0.25) is 0 Å². The molecule has 0 saturated heterocycles. The third-order valence-electron chi connectivity index (χ3n) is 1.95. The van der Waals surface area contributed by atoms with Gasteiger partial charge in [-0.25, -0.2) is 4.79 Å². The van der Waals surface area contributed by atoms with Crippen molar-refractivity contribution in [2.24, 2.45) is 0 Å². The van der Waals surface area contributed by atoms with Crippen molar-refractivity contribution in [1.82, 2.24) is 0 Å². The topological polar surface area (TPSA) is 37.3 Å². The van der Waals surface area contributed by atoms with E-state index in [-0.39, 0.29) is 0 Å². The van der Waals surface area contributed by atoms with E-state index >= 15 is 0 Å². The third-order valence-corrected chi connectivity index (χ3v) is 2.17. The molecule has 0 heterocycles. The molecule has 15 heavy (non-hydrogen) atoms. The first-order valence-corrected chi connectivity index (χ1v) is 5.22. The summed E-state index contributed by atoms with van der Waals surface area (Å²) in [6.45, 7) is 1.77. The van der Waals surface area contributed by atoms with E-state index in [1.165, 1.54) is 0 Å². The Hall–Kier alpha value is -1.40. The van der Waals surface area contributed by atoms with Crippen molar-refractivity contribution < 1.29 is 9.90 Å². The number of aromatic carboxylic acids is 1. The molecule has 0 aliphatic carbocycles. The summed E-state index contributed by atoms with van der Waals surface area (Å²) in [5.74, 6) is 5.49. The lowest BCUT2D eigenvalue weighted by Crippen LogP contribution is -2.02. The van der Waals surface area contributed by atoms with Crippen LogP contribution in [0.1, 0.15) is 27.9 Å². The van der Waals surface area contributed by atoms with E-state index in [4.69, 9.17) is 5.11 Å². The van der Waals surface area contributed by atoms with Crippen LogP contribution < -0.4 is 0 Å². The summed E-state index contributed by atoms with van der Waals surface area (Å²) in [5.41, 5.74) is 1.61. The van der Waals surface area contributed by atoms with Gasteiger partial charge in [0.25, 0.3) is 0 Å². The minimum absolute atomic E-state index is 0.296. The molecule has 0 radical (unpaired) electrons. The van der Waals surface area contributed by atoms with Crippen molar-refractivity contribution in [1.29, 1.82) is 0 Å². The summed E-state index contributed by atoms with van der Waals surface area (Å²) in [6.07, 6.45) is 0.663. The van der Waals surface area contributed by atoms with Crippen molar-refractivity contribution in [3.05, 3.63) is 34.9 Å². The molecular formula is C12H12O2S. The summed E-state index contributed by atoms with van der Waals surface area (Å²) in [5, 5.41) is 9.02. The molecule has 0 spiro atoms. The lowest BCUT2D eigenvalue weighted by Gasteiger charge is -2.02. The molecule has 0 aliphatic heterocycles. The van der Waals surface area contributed by atoms with Gasteiger partial charge in [0.15, 0.2) is 0 Å². The second-order valence-electron chi connectivity index (χ2n) is 3.08. The van der Waals surface area contributed by atoms with Crippen LogP contribution in [0.25, 0.3) is 0 Å². The van der Waals surface area contributed by atoms with Crippen LogP contribution in [0.2, 0.25) is 0 Å². The van der Waals surface area contributed by atoms with E-state index in [1.807, 2.05) is 6.07 Å². The quantitative estimate of drug-likeness (QED) is 0.593. The number of carboxylic acids is 1. The summed E-state index contributed by atoms with van der Waals surface area (Å²) in [6, 6.07) is 5.31. The maximum Gasteiger partial charge on any atom is 0.337 e. The highest BCUT2D eigenvalue weighted by molar-refractivity contribution is 7.80. The van der Waals surface area contributed by atoms with Crippen molar-refractivity contribution in [2.45, 2.75) is 13.3 Å². The molecule has 0 bridgehead atoms. The van der Waals surface area contributed by atoms with Gasteiger partial charge in [0, 0.05) is 17.7 Å². The van der Waals surface area contributed by atoms with Crippen LogP contribution in [0.4, 0.5) is 0 Å². The number of carboxylic acid groups (broad SMARTS) is 1. The third kappa shape index (κ3) is 3.03. The molecule has 0 aliphatic rings. The lowest BCUT2D eigenvalue weighted by atomic mass is 10.0. The second-order valence-corrected chi connectivity index (χ2v) is 3.53. The molecule has 0 unspecified atom stereocenters. The Morgan fingerprint density at radius 3 is 2.87 bits per heavy atom. The smallest absolute Gasteiger partial charge is 0.337 e. The van der Waals surface area contributed by atoms with Gasteiger partial charge in [-0.15, -0.1) is 0 Å². The molecule has 1 rings (SSSR count). The summed E-state index contributed by atoms with van der Waals surface area (Å²) >= 11 is 4.04. The normalized spacial score (nSPS) is 9.20. The predicted octanol–water partition coefficient (Wildman–Crippen LogP) is 2.36. The van der Waals surface area contributed by atoms with E-state index < -0.39 is 5.97 Å². The summed E-state index contributed by atoms with van der Waals surface area (Å²) < 4.78 is 0. The van der Waals surface area contributed by atoms with Gasteiger partial charge in [0.05, 0.1) is 5.56 Å². The number of carbonyl (C=O) groups is 1. The van der Waals surface area contributed by atoms with Crippen molar-refractivity contribution in [3.8, 4) is 11.8 Å². The van der Waals surface area contributed by atoms with Gasteiger partial charge in [-0.2, -0.15) is 12.6 Å². The molecule has 0 fully saturated rings. The number of hydrogen-bond donors (Lipinski definition) is 2. The van der Waals surface area contributed by atoms with Crippen LogP contribution in [0.3, 0.4) is 0 Å². The zero-order chi connectivity index (χ0) is 11.3. The average molecular weight is 220 g/mol. The lowest BCUT2D eigenvalue weighted by molar-refractivity contribution is 0.0696. The number of rotatable bonds is 2. The molecule has 0 aromatic heterocycles. The Morgan fingerprint density at radius 1 is 1.53 bits per heavy atom. The molecular weight excluding hydrogens is 208 g/mol. The van der Waals surface area contributed by atoms with Gasteiger partial charge in [-0.1, -0.05) is 24.0 Å². The van der Waals surface area contributed by atoms with Crippen molar-refractivity contribution >= 4 is 18.6 Å². The largest absolute Gasteiger partial charge is 0.478 e. The van der Waals surface area contributed by atoms with Gasteiger partial charge in [-0.3, -0.25) is 0 Å². The molecule has 2 nitrogen and oxygen atoms in total. The average Bonchev–Trinajstić information content (AvgIpc) is 2.17. The van der Waals surface area contributed by atoms with E-state index in [2.05, 4.69) is 24.5 Å². The van der Waals surface area contributed by atoms with Crippen molar-refractivity contribution in [3.63, 3.8) is 0 Å². The van der Waals surface area contributed by atoms with Gasteiger partial charge < -0.3 is 5.11 Å². The zero-order valence-corrected chi connectivity index (χ0v) is 9.34. The monoisotopic (exact) mass is 220 g/mol. The van der Waals surface area contributed by atoms with Crippen LogP contribution in [0, 0.1) is 18.8 Å². The minimum atomic E-state index is -0.928. The molecule has 1 N–H and O–H groups in total.